The molecule has 2 nitrogen and oxygen atoms in total. The zero-order valence-electron chi connectivity index (χ0n) is 35.6. The van der Waals surface area contributed by atoms with Crippen molar-refractivity contribution in [2.24, 2.45) is 0 Å². The monoisotopic (exact) mass is 826 g/mol. The highest BCUT2D eigenvalue weighted by molar-refractivity contribution is 6.26. The number of rotatable bonds is 7. The van der Waals surface area contributed by atoms with Gasteiger partial charge in [0.2, 0.25) is 0 Å². The summed E-state index contributed by atoms with van der Waals surface area (Å²) >= 11 is 0. The predicted octanol–water partition coefficient (Wildman–Crippen LogP) is 16.6. The Labute approximate surface area is 378 Å². The second kappa shape index (κ2) is 14.8. The van der Waals surface area contributed by atoms with Gasteiger partial charge in [-0.1, -0.05) is 212 Å². The molecule has 13 rings (SSSR count). The van der Waals surface area contributed by atoms with E-state index >= 15 is 0 Å². The Hall–Kier alpha value is -8.46. The standard InChI is InChI=1S/C63H42N2/c1-5-21-43(22-6-1)45-39-40-57-53(41-45)61-59(42-46-24-14-16-33-51(46)62(61)65(57)56-37-19-25-44-23-13-15-32-50(44)56)64(49-30-11-4-12-31-49)58-38-20-36-55-60(58)52-34-17-18-35-54(52)63(55,47-26-7-2-8-27-47)48-28-9-3-10-29-48/h1-42H. The molecule has 0 fully saturated rings. The molecule has 0 unspecified atom stereocenters. The van der Waals surface area contributed by atoms with Gasteiger partial charge in [-0.15, -0.1) is 0 Å². The maximum Gasteiger partial charge on any atom is 0.0714 e. The number of hydrogen-bond donors (Lipinski definition) is 0. The lowest BCUT2D eigenvalue weighted by Crippen LogP contribution is -2.28. The highest BCUT2D eigenvalue weighted by Crippen LogP contribution is 2.60. The average molecular weight is 827 g/mol. The summed E-state index contributed by atoms with van der Waals surface area (Å²) in [4.78, 5) is 2.55. The molecule has 0 aliphatic heterocycles. The minimum absolute atomic E-state index is 0.541. The van der Waals surface area contributed by atoms with E-state index in [4.69, 9.17) is 0 Å². The lowest BCUT2D eigenvalue weighted by atomic mass is 9.68. The van der Waals surface area contributed by atoms with E-state index in [0.717, 1.165) is 28.3 Å². The number of benzene rings is 11. The molecule has 304 valence electrons. The van der Waals surface area contributed by atoms with E-state index in [0.29, 0.717) is 0 Å². The highest BCUT2D eigenvalue weighted by atomic mass is 15.2. The van der Waals surface area contributed by atoms with Crippen LogP contribution in [-0.2, 0) is 5.41 Å². The molecule has 0 spiro atoms. The van der Waals surface area contributed by atoms with Crippen molar-refractivity contribution in [3.8, 4) is 27.9 Å². The van der Waals surface area contributed by atoms with Crippen molar-refractivity contribution in [2.75, 3.05) is 4.90 Å². The summed E-state index contributed by atoms with van der Waals surface area (Å²) in [6.45, 7) is 0. The zero-order chi connectivity index (χ0) is 42.9. The Morgan fingerprint density at radius 3 is 1.71 bits per heavy atom. The lowest BCUT2D eigenvalue weighted by Gasteiger charge is -2.34. The van der Waals surface area contributed by atoms with Gasteiger partial charge in [0.1, 0.15) is 0 Å². The van der Waals surface area contributed by atoms with Crippen LogP contribution in [0.1, 0.15) is 22.3 Å². The van der Waals surface area contributed by atoms with Gasteiger partial charge in [-0.05, 0) is 92.2 Å². The number of anilines is 3. The van der Waals surface area contributed by atoms with Gasteiger partial charge in [-0.25, -0.2) is 0 Å². The first-order chi connectivity index (χ1) is 32.3. The van der Waals surface area contributed by atoms with Crippen molar-refractivity contribution < 1.29 is 0 Å². The van der Waals surface area contributed by atoms with E-state index in [-0.39, 0.29) is 0 Å². The summed E-state index contributed by atoms with van der Waals surface area (Å²) in [5.41, 5.74) is 16.3. The zero-order valence-corrected chi connectivity index (χ0v) is 35.6. The van der Waals surface area contributed by atoms with Crippen LogP contribution in [-0.4, -0.2) is 4.57 Å². The third-order valence-corrected chi connectivity index (χ3v) is 13.8. The first kappa shape index (κ1) is 37.1. The Bertz CT molecular complexity index is 3710. The summed E-state index contributed by atoms with van der Waals surface area (Å²) in [5.74, 6) is 0. The van der Waals surface area contributed by atoms with Crippen LogP contribution in [0.5, 0.6) is 0 Å². The number of nitrogens with zero attached hydrogens (tertiary/aromatic N) is 2. The summed E-state index contributed by atoms with van der Waals surface area (Å²) < 4.78 is 2.54. The second-order valence-corrected chi connectivity index (χ2v) is 17.2. The summed E-state index contributed by atoms with van der Waals surface area (Å²) in [6, 6.07) is 94.0. The third kappa shape index (κ3) is 5.54. The Morgan fingerprint density at radius 2 is 0.954 bits per heavy atom. The molecule has 0 amide bonds. The average Bonchev–Trinajstić information content (AvgIpc) is 3.89. The Morgan fingerprint density at radius 1 is 0.369 bits per heavy atom. The summed E-state index contributed by atoms with van der Waals surface area (Å²) in [6.07, 6.45) is 0. The van der Waals surface area contributed by atoms with Gasteiger partial charge in [0, 0.05) is 32.8 Å². The molecular formula is C63H42N2. The van der Waals surface area contributed by atoms with Crippen molar-refractivity contribution in [3.05, 3.63) is 277 Å². The fraction of sp³-hybridized carbons (Fsp3) is 0.0159. The Balaban J connectivity index is 1.20. The van der Waals surface area contributed by atoms with Crippen molar-refractivity contribution in [1.82, 2.24) is 4.57 Å². The first-order valence-corrected chi connectivity index (χ1v) is 22.5. The van der Waals surface area contributed by atoms with Crippen molar-refractivity contribution >= 4 is 60.4 Å². The predicted molar refractivity (Wildman–Crippen MR) is 273 cm³/mol. The van der Waals surface area contributed by atoms with Crippen LogP contribution in [0.15, 0.2) is 255 Å². The van der Waals surface area contributed by atoms with Crippen LogP contribution in [0.4, 0.5) is 17.1 Å². The molecule has 1 aromatic heterocycles. The van der Waals surface area contributed by atoms with Crippen LogP contribution in [0.3, 0.4) is 0 Å². The summed E-state index contributed by atoms with van der Waals surface area (Å²) in [5, 5.41) is 7.22. The molecule has 1 aliphatic rings. The van der Waals surface area contributed by atoms with Crippen molar-refractivity contribution in [3.63, 3.8) is 0 Å². The van der Waals surface area contributed by atoms with E-state index in [1.165, 1.54) is 82.3 Å². The third-order valence-electron chi connectivity index (χ3n) is 13.8. The SMILES string of the molecule is c1ccc(-c2ccc3c(c2)c2c(N(c4ccccc4)c4cccc5c4-c4ccccc4C5(c4ccccc4)c4ccccc4)cc4ccccc4c2n3-c2cccc3ccccc23)cc1. The highest BCUT2D eigenvalue weighted by Gasteiger charge is 2.47. The maximum atomic E-state index is 2.55. The maximum absolute atomic E-state index is 2.55. The van der Waals surface area contributed by atoms with Crippen molar-refractivity contribution in [1.29, 1.82) is 0 Å². The number of fused-ring (bicyclic) bond motifs is 9. The van der Waals surface area contributed by atoms with Gasteiger partial charge in [-0.3, -0.25) is 0 Å². The molecule has 0 N–H and O–H groups in total. The van der Waals surface area contributed by atoms with Crippen LogP contribution in [0.25, 0.3) is 71.3 Å². The molecule has 0 atom stereocenters. The van der Waals surface area contributed by atoms with E-state index in [1.54, 1.807) is 0 Å². The molecule has 11 aromatic carbocycles. The first-order valence-electron chi connectivity index (χ1n) is 22.5. The molecule has 0 radical (unpaired) electrons. The van der Waals surface area contributed by atoms with E-state index in [1.807, 2.05) is 0 Å². The Kier molecular flexibility index (Phi) is 8.47. The molecular weight excluding hydrogens is 785 g/mol. The van der Waals surface area contributed by atoms with Gasteiger partial charge < -0.3 is 9.47 Å². The fourth-order valence-electron chi connectivity index (χ4n) is 11.1. The van der Waals surface area contributed by atoms with Gasteiger partial charge >= 0.3 is 0 Å². The van der Waals surface area contributed by atoms with Crippen LogP contribution in [0, 0.1) is 0 Å². The molecule has 1 heterocycles. The van der Waals surface area contributed by atoms with Crippen LogP contribution < -0.4 is 4.90 Å². The molecule has 0 bridgehead atoms. The smallest absolute Gasteiger partial charge is 0.0714 e. The molecule has 65 heavy (non-hydrogen) atoms. The topological polar surface area (TPSA) is 8.17 Å². The number of hydrogen-bond acceptors (Lipinski definition) is 1. The summed E-state index contributed by atoms with van der Waals surface area (Å²) in [7, 11) is 0. The van der Waals surface area contributed by atoms with E-state index < -0.39 is 5.41 Å². The molecule has 0 saturated heterocycles. The molecule has 12 aromatic rings. The fourth-order valence-corrected chi connectivity index (χ4v) is 11.1. The quantitative estimate of drug-likeness (QED) is 0.155. The largest absolute Gasteiger partial charge is 0.309 e. The number of aromatic nitrogens is 1. The second-order valence-electron chi connectivity index (χ2n) is 17.2. The minimum atomic E-state index is -0.541. The van der Waals surface area contributed by atoms with Crippen LogP contribution in [0.2, 0.25) is 0 Å². The van der Waals surface area contributed by atoms with Gasteiger partial charge in [0.25, 0.3) is 0 Å². The van der Waals surface area contributed by atoms with E-state index in [2.05, 4.69) is 264 Å². The number of para-hydroxylation sites is 1. The van der Waals surface area contributed by atoms with Crippen molar-refractivity contribution in [2.45, 2.75) is 5.41 Å². The lowest BCUT2D eigenvalue weighted by molar-refractivity contribution is 0.768. The van der Waals surface area contributed by atoms with Crippen LogP contribution >= 0.6 is 0 Å². The van der Waals surface area contributed by atoms with Gasteiger partial charge in [-0.2, -0.15) is 0 Å². The van der Waals surface area contributed by atoms with Gasteiger partial charge in [0.05, 0.1) is 33.5 Å². The molecule has 0 saturated carbocycles. The molecule has 2 heteroatoms. The minimum Gasteiger partial charge on any atom is -0.309 e. The van der Waals surface area contributed by atoms with Gasteiger partial charge in [0.15, 0.2) is 0 Å². The van der Waals surface area contributed by atoms with E-state index in [9.17, 15) is 0 Å². The molecule has 1 aliphatic carbocycles. The normalized spacial score (nSPS) is 12.7.